The minimum atomic E-state index is -2.77. The average Bonchev–Trinajstić information content (AvgIpc) is 3.33. The van der Waals surface area contributed by atoms with E-state index in [1.165, 1.54) is 11.3 Å². The summed E-state index contributed by atoms with van der Waals surface area (Å²) in [5.74, 6) is -3.25. The highest BCUT2D eigenvalue weighted by molar-refractivity contribution is 7.12. The Morgan fingerprint density at radius 3 is 2.72 bits per heavy atom. The molecule has 25 heavy (non-hydrogen) atoms. The summed E-state index contributed by atoms with van der Waals surface area (Å²) < 4.78 is 27.0. The van der Waals surface area contributed by atoms with Gasteiger partial charge in [-0.3, -0.25) is 9.59 Å². The molecule has 1 aromatic heterocycles. The van der Waals surface area contributed by atoms with Crippen LogP contribution in [0.25, 0.3) is 0 Å². The monoisotopic (exact) mass is 368 g/mol. The van der Waals surface area contributed by atoms with Crippen molar-refractivity contribution in [2.24, 2.45) is 11.3 Å². The molecule has 2 aliphatic carbocycles. The first-order chi connectivity index (χ1) is 11.9. The van der Waals surface area contributed by atoms with Crippen LogP contribution in [0.2, 0.25) is 0 Å². The number of alkyl halides is 2. The van der Waals surface area contributed by atoms with E-state index in [1.54, 1.807) is 0 Å². The van der Waals surface area contributed by atoms with Crippen molar-refractivity contribution in [2.45, 2.75) is 50.5 Å². The first-order valence-electron chi connectivity index (χ1n) is 8.92. The zero-order valence-electron chi connectivity index (χ0n) is 14.0. The molecule has 7 heteroatoms. The summed E-state index contributed by atoms with van der Waals surface area (Å²) in [7, 11) is 0. The van der Waals surface area contributed by atoms with Crippen LogP contribution in [0.4, 0.5) is 8.78 Å². The van der Waals surface area contributed by atoms with Crippen LogP contribution in [-0.2, 0) is 4.79 Å². The van der Waals surface area contributed by atoms with Crippen molar-refractivity contribution in [3.8, 4) is 0 Å². The van der Waals surface area contributed by atoms with Crippen LogP contribution in [-0.4, -0.2) is 41.8 Å². The van der Waals surface area contributed by atoms with Gasteiger partial charge in [-0.05, 0) is 37.1 Å². The highest BCUT2D eigenvalue weighted by Gasteiger charge is 2.54. The summed E-state index contributed by atoms with van der Waals surface area (Å²) in [4.78, 5) is 27.8. The molecule has 4 nitrogen and oxygen atoms in total. The minimum absolute atomic E-state index is 0.0171. The first-order valence-corrected chi connectivity index (χ1v) is 9.80. The van der Waals surface area contributed by atoms with Crippen molar-refractivity contribution in [1.82, 2.24) is 10.2 Å². The summed E-state index contributed by atoms with van der Waals surface area (Å²) in [5.41, 5.74) is -0.240. The maximum Gasteiger partial charge on any atom is 0.267 e. The molecule has 2 amide bonds. The molecule has 3 atom stereocenters. The Hall–Kier alpha value is -1.50. The smallest absolute Gasteiger partial charge is 0.267 e. The van der Waals surface area contributed by atoms with E-state index in [0.29, 0.717) is 24.4 Å². The molecule has 2 heterocycles. The number of rotatable bonds is 3. The van der Waals surface area contributed by atoms with Gasteiger partial charge in [0, 0.05) is 30.8 Å². The molecule has 1 spiro atoms. The summed E-state index contributed by atoms with van der Waals surface area (Å²) in [6.45, 7) is 1.20. The van der Waals surface area contributed by atoms with E-state index in [4.69, 9.17) is 0 Å². The topological polar surface area (TPSA) is 49.4 Å². The molecular formula is C18H22F2N2O2S. The molecule has 0 unspecified atom stereocenters. The number of hydrogen-bond donors (Lipinski definition) is 1. The second kappa shape index (κ2) is 6.04. The Bertz CT molecular complexity index is 679. The van der Waals surface area contributed by atoms with Gasteiger partial charge >= 0.3 is 0 Å². The number of nitrogens with zero attached hydrogens (tertiary/aromatic N) is 1. The van der Waals surface area contributed by atoms with Gasteiger partial charge in [-0.15, -0.1) is 11.3 Å². The van der Waals surface area contributed by atoms with Crippen molar-refractivity contribution < 1.29 is 18.4 Å². The fraction of sp³-hybridized carbons (Fsp3) is 0.667. The first kappa shape index (κ1) is 16.9. The number of carbonyl (C=O) groups excluding carboxylic acids is 2. The molecule has 3 fully saturated rings. The lowest BCUT2D eigenvalue weighted by molar-refractivity contribution is -0.142. The summed E-state index contributed by atoms with van der Waals surface area (Å²) in [5, 5.41) is 4.46. The van der Waals surface area contributed by atoms with Crippen molar-refractivity contribution in [3.63, 3.8) is 0 Å². The summed E-state index contributed by atoms with van der Waals surface area (Å²) in [6.07, 6.45) is 3.52. The molecular weight excluding hydrogens is 346 g/mol. The predicted octanol–water partition coefficient (Wildman–Crippen LogP) is 3.29. The van der Waals surface area contributed by atoms with E-state index >= 15 is 0 Å². The van der Waals surface area contributed by atoms with E-state index in [-0.39, 0.29) is 29.6 Å². The molecule has 1 saturated heterocycles. The quantitative estimate of drug-likeness (QED) is 0.890. The number of thiophene rings is 1. The van der Waals surface area contributed by atoms with Crippen LogP contribution in [0, 0.1) is 11.3 Å². The average molecular weight is 368 g/mol. The SMILES string of the molecule is O=C(N[C@@H]1CCC1(F)F)[C@H]1CCC[C@]12CCN(C(=O)c1cccs1)C2. The Kier molecular flexibility index (Phi) is 4.09. The molecule has 3 aliphatic rings. The van der Waals surface area contributed by atoms with Gasteiger partial charge < -0.3 is 10.2 Å². The van der Waals surface area contributed by atoms with E-state index in [9.17, 15) is 18.4 Å². The second-order valence-electron chi connectivity index (χ2n) is 7.62. The van der Waals surface area contributed by atoms with Crippen LogP contribution in [0.15, 0.2) is 17.5 Å². The van der Waals surface area contributed by atoms with Crippen LogP contribution >= 0.6 is 11.3 Å². The molecule has 4 rings (SSSR count). The normalized spacial score (nSPS) is 33.4. The number of hydrogen-bond acceptors (Lipinski definition) is 3. The van der Waals surface area contributed by atoms with E-state index in [1.807, 2.05) is 22.4 Å². The third-order valence-electron chi connectivity index (χ3n) is 6.22. The van der Waals surface area contributed by atoms with Crippen LogP contribution in [0.1, 0.15) is 48.2 Å². The zero-order valence-corrected chi connectivity index (χ0v) is 14.8. The summed E-state index contributed by atoms with van der Waals surface area (Å²) >= 11 is 1.42. The van der Waals surface area contributed by atoms with Gasteiger partial charge in [-0.2, -0.15) is 0 Å². The largest absolute Gasteiger partial charge is 0.347 e. The van der Waals surface area contributed by atoms with Gasteiger partial charge in [-0.25, -0.2) is 8.78 Å². The molecule has 0 aromatic carbocycles. The van der Waals surface area contributed by atoms with E-state index in [0.717, 1.165) is 25.7 Å². The van der Waals surface area contributed by atoms with Crippen molar-refractivity contribution >= 4 is 23.2 Å². The lowest BCUT2D eigenvalue weighted by Crippen LogP contribution is -2.57. The highest BCUT2D eigenvalue weighted by atomic mass is 32.1. The molecule has 2 saturated carbocycles. The van der Waals surface area contributed by atoms with Crippen molar-refractivity contribution in [3.05, 3.63) is 22.4 Å². The Balaban J connectivity index is 1.44. The molecule has 0 radical (unpaired) electrons. The van der Waals surface area contributed by atoms with Gasteiger partial charge in [0.1, 0.15) is 0 Å². The van der Waals surface area contributed by atoms with E-state index in [2.05, 4.69) is 5.32 Å². The van der Waals surface area contributed by atoms with Gasteiger partial charge in [0.2, 0.25) is 5.91 Å². The predicted molar refractivity (Wildman–Crippen MR) is 90.7 cm³/mol. The Morgan fingerprint density at radius 2 is 2.08 bits per heavy atom. The third-order valence-corrected chi connectivity index (χ3v) is 7.08. The molecule has 1 aromatic rings. The van der Waals surface area contributed by atoms with Gasteiger partial charge in [0.25, 0.3) is 11.8 Å². The number of halogens is 2. The van der Waals surface area contributed by atoms with Crippen LogP contribution in [0.3, 0.4) is 0 Å². The Labute approximate surface area is 149 Å². The number of likely N-dealkylation sites (tertiary alicyclic amines) is 1. The molecule has 1 N–H and O–H groups in total. The number of nitrogens with one attached hydrogen (secondary N) is 1. The number of amides is 2. The van der Waals surface area contributed by atoms with Crippen LogP contribution < -0.4 is 5.32 Å². The molecule has 136 valence electrons. The van der Waals surface area contributed by atoms with Gasteiger partial charge in [0.15, 0.2) is 0 Å². The summed E-state index contributed by atoms with van der Waals surface area (Å²) in [6, 6.07) is 2.66. The van der Waals surface area contributed by atoms with Crippen LogP contribution in [0.5, 0.6) is 0 Å². The van der Waals surface area contributed by atoms with Crippen molar-refractivity contribution in [2.75, 3.05) is 13.1 Å². The Morgan fingerprint density at radius 1 is 1.24 bits per heavy atom. The zero-order chi connectivity index (χ0) is 17.7. The lowest BCUT2D eigenvalue weighted by atomic mass is 9.76. The third kappa shape index (κ3) is 2.86. The minimum Gasteiger partial charge on any atom is -0.347 e. The van der Waals surface area contributed by atoms with Gasteiger partial charge in [-0.1, -0.05) is 12.5 Å². The maximum atomic E-state index is 13.5. The lowest BCUT2D eigenvalue weighted by Gasteiger charge is -2.39. The number of carbonyl (C=O) groups is 2. The standard InChI is InChI=1S/C18H22F2N2O2S/c19-18(20)7-5-14(18)21-15(23)12-3-1-6-17(12)8-9-22(11-17)16(24)13-4-2-10-25-13/h2,4,10,12,14H,1,3,5-9,11H2,(H,21,23)/t12-,14-,17-/m1/s1. The van der Waals surface area contributed by atoms with Crippen molar-refractivity contribution in [1.29, 1.82) is 0 Å². The van der Waals surface area contributed by atoms with Gasteiger partial charge in [0.05, 0.1) is 10.9 Å². The fourth-order valence-corrected chi connectivity index (χ4v) is 5.31. The molecule has 0 bridgehead atoms. The fourth-order valence-electron chi connectivity index (χ4n) is 4.62. The maximum absolute atomic E-state index is 13.5. The molecule has 1 aliphatic heterocycles. The highest BCUT2D eigenvalue weighted by Crippen LogP contribution is 2.50. The second-order valence-corrected chi connectivity index (χ2v) is 8.57. The van der Waals surface area contributed by atoms with E-state index < -0.39 is 12.0 Å².